The molecule has 0 saturated carbocycles. The molecule has 1 heterocycles. The first-order valence-corrected chi connectivity index (χ1v) is 6.91. The van der Waals surface area contributed by atoms with Gasteiger partial charge in [-0.2, -0.15) is 0 Å². The van der Waals surface area contributed by atoms with Gasteiger partial charge in [0.2, 0.25) is 0 Å². The van der Waals surface area contributed by atoms with E-state index in [2.05, 4.69) is 32.0 Å². The second kappa shape index (κ2) is 7.24. The Kier molecular flexibility index (Phi) is 5.33. The summed E-state index contributed by atoms with van der Waals surface area (Å²) in [5.41, 5.74) is 9.45. The van der Waals surface area contributed by atoms with Crippen LogP contribution in [0.25, 0.3) is 10.4 Å². The van der Waals surface area contributed by atoms with E-state index < -0.39 is 0 Å². The number of anilines is 1. The summed E-state index contributed by atoms with van der Waals surface area (Å²) in [4.78, 5) is 7.56. The molecule has 5 nitrogen and oxygen atoms in total. The Labute approximate surface area is 118 Å². The molecule has 0 spiro atoms. The van der Waals surface area contributed by atoms with Gasteiger partial charge in [0.1, 0.15) is 0 Å². The highest BCUT2D eigenvalue weighted by molar-refractivity contribution is 6.30. The third kappa shape index (κ3) is 4.31. The Hall–Kier alpha value is -1.42. The lowest BCUT2D eigenvalue weighted by molar-refractivity contribution is 0.256. The second-order valence-corrected chi connectivity index (χ2v) is 5.05. The number of benzene rings is 1. The van der Waals surface area contributed by atoms with Crippen LogP contribution in [0.5, 0.6) is 0 Å². The van der Waals surface area contributed by atoms with Crippen LogP contribution in [-0.2, 0) is 0 Å². The van der Waals surface area contributed by atoms with E-state index in [9.17, 15) is 0 Å². The normalized spacial score (nSPS) is 16.2. The first-order valence-electron chi connectivity index (χ1n) is 6.53. The van der Waals surface area contributed by atoms with E-state index in [1.54, 1.807) is 0 Å². The minimum absolute atomic E-state index is 0.591. The van der Waals surface area contributed by atoms with Crippen molar-refractivity contribution in [3.63, 3.8) is 0 Å². The van der Waals surface area contributed by atoms with Gasteiger partial charge < -0.3 is 4.90 Å². The van der Waals surface area contributed by atoms with Crippen molar-refractivity contribution >= 4 is 17.3 Å². The molecule has 1 aromatic carbocycles. The standard InChI is InChI=1S/C13H18ClN5/c14-12-2-4-13(5-3-12)19-10-8-18(9-11-19)7-1-6-16-17-15/h2-5H,1,6-11H2. The number of hydrogen-bond donors (Lipinski definition) is 0. The Bertz CT molecular complexity index is 433. The molecular weight excluding hydrogens is 262 g/mol. The fraction of sp³-hybridized carbons (Fsp3) is 0.538. The molecule has 0 aromatic heterocycles. The van der Waals surface area contributed by atoms with Crippen LogP contribution in [0.3, 0.4) is 0 Å². The van der Waals surface area contributed by atoms with E-state index >= 15 is 0 Å². The van der Waals surface area contributed by atoms with Gasteiger partial charge in [0.25, 0.3) is 0 Å². The van der Waals surface area contributed by atoms with Crippen LogP contribution < -0.4 is 4.90 Å². The topological polar surface area (TPSA) is 55.2 Å². The maximum atomic E-state index is 8.21. The second-order valence-electron chi connectivity index (χ2n) is 4.61. The van der Waals surface area contributed by atoms with Crippen molar-refractivity contribution in [3.8, 4) is 0 Å². The Morgan fingerprint density at radius 3 is 2.47 bits per heavy atom. The highest BCUT2D eigenvalue weighted by Gasteiger charge is 2.16. The fourth-order valence-corrected chi connectivity index (χ4v) is 2.42. The molecule has 0 unspecified atom stereocenters. The summed E-state index contributed by atoms with van der Waals surface area (Å²) in [5.74, 6) is 0. The number of azide groups is 1. The van der Waals surface area contributed by atoms with Crippen molar-refractivity contribution in [2.45, 2.75) is 6.42 Å². The highest BCUT2D eigenvalue weighted by atomic mass is 35.5. The van der Waals surface area contributed by atoms with Crippen LogP contribution in [-0.4, -0.2) is 44.2 Å². The van der Waals surface area contributed by atoms with Crippen molar-refractivity contribution in [2.75, 3.05) is 44.2 Å². The van der Waals surface area contributed by atoms with Gasteiger partial charge in [-0.1, -0.05) is 16.7 Å². The molecule has 0 amide bonds. The van der Waals surface area contributed by atoms with E-state index in [1.165, 1.54) is 5.69 Å². The zero-order chi connectivity index (χ0) is 13.5. The molecule has 0 atom stereocenters. The van der Waals surface area contributed by atoms with Crippen LogP contribution in [0, 0.1) is 0 Å². The SMILES string of the molecule is [N-]=[N+]=NCCCN1CCN(c2ccc(Cl)cc2)CC1. The summed E-state index contributed by atoms with van der Waals surface area (Å²) in [6, 6.07) is 8.01. The highest BCUT2D eigenvalue weighted by Crippen LogP contribution is 2.19. The molecule has 0 bridgehead atoms. The van der Waals surface area contributed by atoms with Crippen molar-refractivity contribution in [1.29, 1.82) is 0 Å². The van der Waals surface area contributed by atoms with Gasteiger partial charge in [0.15, 0.2) is 0 Å². The van der Waals surface area contributed by atoms with Gasteiger partial charge >= 0.3 is 0 Å². The summed E-state index contributed by atoms with van der Waals surface area (Å²) < 4.78 is 0. The zero-order valence-corrected chi connectivity index (χ0v) is 11.6. The Morgan fingerprint density at radius 2 is 1.84 bits per heavy atom. The predicted molar refractivity (Wildman–Crippen MR) is 78.7 cm³/mol. The van der Waals surface area contributed by atoms with Crippen LogP contribution in [0.4, 0.5) is 5.69 Å². The van der Waals surface area contributed by atoms with E-state index in [-0.39, 0.29) is 0 Å². The summed E-state index contributed by atoms with van der Waals surface area (Å²) in [6.45, 7) is 5.77. The molecule has 0 N–H and O–H groups in total. The fourth-order valence-electron chi connectivity index (χ4n) is 2.29. The van der Waals surface area contributed by atoms with Crippen LogP contribution in [0.2, 0.25) is 5.02 Å². The lowest BCUT2D eigenvalue weighted by Gasteiger charge is -2.36. The number of hydrogen-bond acceptors (Lipinski definition) is 3. The van der Waals surface area contributed by atoms with E-state index in [0.29, 0.717) is 6.54 Å². The summed E-state index contributed by atoms with van der Waals surface area (Å²) >= 11 is 5.90. The number of halogens is 1. The third-order valence-corrected chi connectivity index (χ3v) is 3.61. The Balaban J connectivity index is 1.75. The molecule has 2 rings (SSSR count). The molecule has 19 heavy (non-hydrogen) atoms. The lowest BCUT2D eigenvalue weighted by atomic mass is 10.2. The maximum absolute atomic E-state index is 8.21. The first kappa shape index (κ1) is 14.0. The molecule has 1 aliphatic heterocycles. The summed E-state index contributed by atoms with van der Waals surface area (Å²) in [6.07, 6.45) is 0.936. The van der Waals surface area contributed by atoms with Gasteiger partial charge in [0.05, 0.1) is 0 Å². The van der Waals surface area contributed by atoms with Crippen molar-refractivity contribution in [1.82, 2.24) is 4.90 Å². The van der Waals surface area contributed by atoms with Crippen molar-refractivity contribution < 1.29 is 0 Å². The third-order valence-electron chi connectivity index (χ3n) is 3.36. The van der Waals surface area contributed by atoms with Crippen LogP contribution in [0.15, 0.2) is 29.4 Å². The number of piperazine rings is 1. The first-order chi connectivity index (χ1) is 9.29. The quantitative estimate of drug-likeness (QED) is 0.360. The molecule has 0 aliphatic carbocycles. The van der Waals surface area contributed by atoms with Gasteiger partial charge in [-0.25, -0.2) is 0 Å². The average molecular weight is 280 g/mol. The summed E-state index contributed by atoms with van der Waals surface area (Å²) in [5, 5.41) is 4.34. The van der Waals surface area contributed by atoms with E-state index in [1.807, 2.05) is 12.1 Å². The molecule has 1 saturated heterocycles. The largest absolute Gasteiger partial charge is 0.369 e. The molecular formula is C13H18ClN5. The van der Waals surface area contributed by atoms with Gasteiger partial charge in [-0.05, 0) is 42.8 Å². The molecule has 0 radical (unpaired) electrons. The molecule has 1 aromatic rings. The van der Waals surface area contributed by atoms with Gasteiger partial charge in [-0.15, -0.1) is 0 Å². The van der Waals surface area contributed by atoms with Crippen molar-refractivity contribution in [2.24, 2.45) is 5.11 Å². The molecule has 102 valence electrons. The minimum Gasteiger partial charge on any atom is -0.369 e. The van der Waals surface area contributed by atoms with Crippen molar-refractivity contribution in [3.05, 3.63) is 39.7 Å². The minimum atomic E-state index is 0.591. The maximum Gasteiger partial charge on any atom is 0.0407 e. The average Bonchev–Trinajstić information content (AvgIpc) is 2.45. The molecule has 6 heteroatoms. The lowest BCUT2D eigenvalue weighted by Crippen LogP contribution is -2.46. The van der Waals surface area contributed by atoms with Crippen LogP contribution >= 0.6 is 11.6 Å². The van der Waals surface area contributed by atoms with E-state index in [0.717, 1.165) is 44.2 Å². The zero-order valence-electron chi connectivity index (χ0n) is 10.9. The summed E-state index contributed by atoms with van der Waals surface area (Å²) in [7, 11) is 0. The predicted octanol–water partition coefficient (Wildman–Crippen LogP) is 3.16. The van der Waals surface area contributed by atoms with Gasteiger partial charge in [0, 0.05) is 48.3 Å². The number of rotatable bonds is 5. The molecule has 1 aliphatic rings. The Morgan fingerprint density at radius 1 is 1.16 bits per heavy atom. The van der Waals surface area contributed by atoms with Gasteiger partial charge in [-0.3, -0.25) is 4.90 Å². The van der Waals surface area contributed by atoms with Crippen LogP contribution in [0.1, 0.15) is 6.42 Å². The smallest absolute Gasteiger partial charge is 0.0407 e. The molecule has 1 fully saturated rings. The van der Waals surface area contributed by atoms with E-state index in [4.69, 9.17) is 17.1 Å². The monoisotopic (exact) mass is 279 g/mol. The number of nitrogens with zero attached hydrogens (tertiary/aromatic N) is 5.